The van der Waals surface area contributed by atoms with Gasteiger partial charge in [0.1, 0.15) is 0 Å². The summed E-state index contributed by atoms with van der Waals surface area (Å²) in [6, 6.07) is 0. The fraction of sp³-hybridized carbons (Fsp3) is 1.00. The number of nitrogens with two attached hydrogens (primary N) is 5. The van der Waals surface area contributed by atoms with E-state index in [2.05, 4.69) is 84.3 Å². The highest BCUT2D eigenvalue weighted by atomic mass is 15.2. The van der Waals surface area contributed by atoms with E-state index in [1.165, 1.54) is 0 Å². The summed E-state index contributed by atoms with van der Waals surface area (Å²) >= 11 is 0. The molecule has 0 aliphatic carbocycles. The molecule has 0 rings (SSSR count). The topological polar surface area (TPSA) is 258 Å². The minimum atomic E-state index is 0.658. The second kappa shape index (κ2) is 47.7. The van der Waals surface area contributed by atoms with E-state index in [0.29, 0.717) is 32.7 Å². The van der Waals surface area contributed by atoms with Crippen LogP contribution in [0.1, 0.15) is 0 Å². The van der Waals surface area contributed by atoms with Gasteiger partial charge in [-0.15, -0.1) is 0 Å². The van der Waals surface area contributed by atoms with Crippen molar-refractivity contribution in [2.24, 2.45) is 28.7 Å². The molecule has 19 N–H and O–H groups in total. The van der Waals surface area contributed by atoms with Crippen molar-refractivity contribution in [1.29, 1.82) is 0 Å². The lowest BCUT2D eigenvalue weighted by Gasteiger charge is -2.26. The Morgan fingerprint density at radius 3 is 0.917 bits per heavy atom. The van der Waals surface area contributed by atoms with Crippen LogP contribution in [-0.2, 0) is 0 Å². The number of hydrogen-bond donors (Lipinski definition) is 14. The van der Waals surface area contributed by atoms with Crippen LogP contribution in [0.2, 0.25) is 0 Å². The lowest BCUT2D eigenvalue weighted by Crippen LogP contribution is -2.45. The second-order valence-electron chi connectivity index (χ2n) is 15.6. The quantitative estimate of drug-likeness (QED) is 0.0200. The highest BCUT2D eigenvalue weighted by molar-refractivity contribution is 4.70. The predicted molar refractivity (Wildman–Crippen MR) is 258 cm³/mol. The van der Waals surface area contributed by atoms with Crippen molar-refractivity contribution in [2.75, 3.05) is 263 Å². The molecular weight excluding hydrogens is 761 g/mol. The van der Waals surface area contributed by atoms with Crippen molar-refractivity contribution >= 4 is 0 Å². The van der Waals surface area contributed by atoms with Gasteiger partial charge in [0.2, 0.25) is 0 Å². The van der Waals surface area contributed by atoms with Crippen LogP contribution >= 0.6 is 0 Å². The largest absolute Gasteiger partial charge is 0.329 e. The first kappa shape index (κ1) is 59.2. The molecule has 0 aliphatic rings. The Morgan fingerprint density at radius 2 is 0.567 bits per heavy atom. The highest BCUT2D eigenvalue weighted by Crippen LogP contribution is 1.91. The molecule has 0 bridgehead atoms. The van der Waals surface area contributed by atoms with Gasteiger partial charge in [-0.05, 0) is 21.1 Å². The minimum absolute atomic E-state index is 0.658. The first-order valence-corrected chi connectivity index (χ1v) is 23.5. The van der Waals surface area contributed by atoms with Crippen molar-refractivity contribution in [2.45, 2.75) is 0 Å². The summed E-state index contributed by atoms with van der Waals surface area (Å²) in [7, 11) is 6.13. The van der Waals surface area contributed by atoms with Gasteiger partial charge >= 0.3 is 0 Å². The van der Waals surface area contributed by atoms with Crippen molar-refractivity contribution in [3.05, 3.63) is 0 Å². The standard InChI is InChI=1S/C40H102N20/c1-46-10-11-48-14-31-57(27-8-45)32-16-51-19-35-58(33-17-49-13-28-55(3)24-5-42)36-20-52-21-37-59(34-18-50-15-30-56(25-6-43)26-7-44)38-22-53-23-39-60(29-12-47-2)40-54-9-4-41/h46-54H,4-45H2,1-3H3. The Bertz CT molecular complexity index is 817. The molecule has 20 heteroatoms. The van der Waals surface area contributed by atoms with Gasteiger partial charge < -0.3 is 81.4 Å². The van der Waals surface area contributed by atoms with Gasteiger partial charge in [-0.3, -0.25) is 24.5 Å². The molecule has 0 heterocycles. The van der Waals surface area contributed by atoms with Gasteiger partial charge in [-0.25, -0.2) is 0 Å². The first-order chi connectivity index (χ1) is 29.5. The third kappa shape index (κ3) is 40.0. The van der Waals surface area contributed by atoms with Crippen LogP contribution < -0.4 is 76.5 Å². The monoisotopic (exact) mass is 863 g/mol. The van der Waals surface area contributed by atoms with Gasteiger partial charge in [0.05, 0.1) is 0 Å². The predicted octanol–water partition coefficient (Wildman–Crippen LogP) is -7.25. The van der Waals surface area contributed by atoms with Crippen LogP contribution in [0.3, 0.4) is 0 Å². The van der Waals surface area contributed by atoms with Gasteiger partial charge in [0, 0.05) is 242 Å². The van der Waals surface area contributed by atoms with Gasteiger partial charge in [0.25, 0.3) is 0 Å². The number of likely N-dealkylation sites (N-methyl/N-ethyl adjacent to an activating group) is 3. The van der Waals surface area contributed by atoms with Crippen LogP contribution in [0, 0.1) is 0 Å². The fourth-order valence-electron chi connectivity index (χ4n) is 6.71. The van der Waals surface area contributed by atoms with Gasteiger partial charge in [0.15, 0.2) is 0 Å². The lowest BCUT2D eigenvalue weighted by atomic mass is 10.3. The average Bonchev–Trinajstić information content (AvgIpc) is 3.24. The van der Waals surface area contributed by atoms with Crippen LogP contribution in [0.5, 0.6) is 0 Å². The number of nitrogens with zero attached hydrogens (tertiary/aromatic N) is 6. The molecule has 0 spiro atoms. The summed E-state index contributed by atoms with van der Waals surface area (Å²) < 4.78 is 0. The molecule has 60 heavy (non-hydrogen) atoms. The molecule has 362 valence electrons. The molecular formula is C40H102N20. The smallest absolute Gasteiger partial charge is 0.0481 e. The number of rotatable bonds is 51. The third-order valence-electron chi connectivity index (χ3n) is 10.5. The van der Waals surface area contributed by atoms with E-state index in [1.807, 2.05) is 14.1 Å². The molecule has 0 fully saturated rings. The van der Waals surface area contributed by atoms with Crippen LogP contribution in [0.15, 0.2) is 0 Å². The maximum absolute atomic E-state index is 5.92. The maximum Gasteiger partial charge on any atom is 0.0481 e. The van der Waals surface area contributed by atoms with E-state index in [9.17, 15) is 0 Å². The zero-order valence-electron chi connectivity index (χ0n) is 39.2. The fourth-order valence-corrected chi connectivity index (χ4v) is 6.71. The van der Waals surface area contributed by atoms with Crippen LogP contribution in [-0.4, -0.2) is 293 Å². The molecule has 0 saturated heterocycles. The second-order valence-corrected chi connectivity index (χ2v) is 15.6. The zero-order chi connectivity index (χ0) is 44.0. The number of nitrogens with one attached hydrogen (secondary N) is 9. The summed E-state index contributed by atoms with van der Waals surface area (Å²) in [5, 5.41) is 31.9. The first-order valence-electron chi connectivity index (χ1n) is 23.5. The van der Waals surface area contributed by atoms with Crippen LogP contribution in [0.4, 0.5) is 0 Å². The van der Waals surface area contributed by atoms with Crippen molar-refractivity contribution in [1.82, 2.24) is 77.3 Å². The van der Waals surface area contributed by atoms with Crippen molar-refractivity contribution < 1.29 is 0 Å². The van der Waals surface area contributed by atoms with E-state index in [0.717, 1.165) is 210 Å². The third-order valence-corrected chi connectivity index (χ3v) is 10.5. The SMILES string of the molecule is CNCCNCCN(CCN)CCNCCN(CCNCCN(C)CCN)CCNCCN(CCNCCN(CCN)CCN)CCNCCN(CCNC)CNCCN. The van der Waals surface area contributed by atoms with E-state index in [4.69, 9.17) is 28.7 Å². The zero-order valence-corrected chi connectivity index (χ0v) is 39.2. The van der Waals surface area contributed by atoms with Crippen molar-refractivity contribution in [3.63, 3.8) is 0 Å². The Morgan fingerprint density at radius 1 is 0.267 bits per heavy atom. The average molecular weight is 863 g/mol. The van der Waals surface area contributed by atoms with E-state index in [-0.39, 0.29) is 0 Å². The van der Waals surface area contributed by atoms with Crippen LogP contribution in [0.25, 0.3) is 0 Å². The van der Waals surface area contributed by atoms with E-state index >= 15 is 0 Å². The molecule has 0 aliphatic heterocycles. The van der Waals surface area contributed by atoms with Gasteiger partial charge in [-0.1, -0.05) is 0 Å². The summed E-state index contributed by atoms with van der Waals surface area (Å²) in [6.45, 7) is 34.3. The molecule has 0 aromatic rings. The Labute approximate surface area is 368 Å². The van der Waals surface area contributed by atoms with E-state index < -0.39 is 0 Å². The van der Waals surface area contributed by atoms with E-state index in [1.54, 1.807) is 0 Å². The molecule has 0 radical (unpaired) electrons. The molecule has 0 aromatic heterocycles. The summed E-state index contributed by atoms with van der Waals surface area (Å²) in [5.41, 5.74) is 29.0. The highest BCUT2D eigenvalue weighted by Gasteiger charge is 2.10. The minimum Gasteiger partial charge on any atom is -0.329 e. The Hall–Kier alpha value is -0.800. The normalized spacial score (nSPS) is 12.3. The summed E-state index contributed by atoms with van der Waals surface area (Å²) in [4.78, 5) is 14.7. The Kier molecular flexibility index (Phi) is 47.0. The molecule has 0 amide bonds. The van der Waals surface area contributed by atoms with Gasteiger partial charge in [-0.2, -0.15) is 0 Å². The maximum atomic E-state index is 5.92. The Balaban J connectivity index is 5.01. The summed E-state index contributed by atoms with van der Waals surface area (Å²) in [6.07, 6.45) is 0. The number of hydrogen-bond acceptors (Lipinski definition) is 20. The lowest BCUT2D eigenvalue weighted by molar-refractivity contribution is 0.241. The molecule has 0 aromatic carbocycles. The molecule has 0 atom stereocenters. The molecule has 20 nitrogen and oxygen atoms in total. The molecule has 0 saturated carbocycles. The molecule has 0 unspecified atom stereocenters. The van der Waals surface area contributed by atoms with Crippen molar-refractivity contribution in [3.8, 4) is 0 Å². The summed E-state index contributed by atoms with van der Waals surface area (Å²) in [5.74, 6) is 0.